The maximum absolute atomic E-state index is 12.4. The van der Waals surface area contributed by atoms with Gasteiger partial charge in [-0.25, -0.2) is 18.2 Å². The maximum atomic E-state index is 12.4. The second-order valence-corrected chi connectivity index (χ2v) is 8.13. The molecule has 0 bridgehead atoms. The number of aromatic nitrogens is 2. The zero-order valence-electron chi connectivity index (χ0n) is 15.1. The molecule has 0 spiro atoms. The molecule has 0 radical (unpaired) electrons. The quantitative estimate of drug-likeness (QED) is 0.641. The number of sulfonamides is 1. The van der Waals surface area contributed by atoms with Crippen molar-refractivity contribution in [3.05, 3.63) is 65.3 Å². The molecular weight excluding hydrogens is 400 g/mol. The Kier molecular flexibility index (Phi) is 5.83. The van der Waals surface area contributed by atoms with Crippen molar-refractivity contribution in [3.63, 3.8) is 0 Å². The van der Waals surface area contributed by atoms with Crippen molar-refractivity contribution < 1.29 is 13.2 Å². The highest BCUT2D eigenvalue weighted by atomic mass is 35.5. The van der Waals surface area contributed by atoms with E-state index < -0.39 is 10.0 Å². The van der Waals surface area contributed by atoms with Crippen molar-refractivity contribution in [2.75, 3.05) is 6.54 Å². The van der Waals surface area contributed by atoms with Crippen LogP contribution < -0.4 is 10.5 Å². The number of hydrogen-bond acceptors (Lipinski definition) is 4. The molecule has 1 amide bonds. The molecule has 1 aromatic heterocycles. The topological polar surface area (TPSA) is 107 Å². The van der Waals surface area contributed by atoms with Crippen molar-refractivity contribution in [1.82, 2.24) is 15.1 Å². The van der Waals surface area contributed by atoms with Crippen LogP contribution in [-0.4, -0.2) is 30.7 Å². The normalized spacial score (nSPS) is 11.4. The van der Waals surface area contributed by atoms with Crippen LogP contribution in [0.15, 0.2) is 59.5 Å². The molecular formula is C19H19ClN4O3S. The molecule has 1 heterocycles. The van der Waals surface area contributed by atoms with Gasteiger partial charge >= 0.3 is 0 Å². The number of carbonyl (C=O) groups is 1. The summed E-state index contributed by atoms with van der Waals surface area (Å²) in [7, 11) is -3.80. The van der Waals surface area contributed by atoms with E-state index in [1.807, 2.05) is 19.1 Å². The van der Waals surface area contributed by atoms with E-state index in [1.165, 1.54) is 12.1 Å². The van der Waals surface area contributed by atoms with Crippen LogP contribution in [0.4, 0.5) is 0 Å². The third-order valence-electron chi connectivity index (χ3n) is 4.03. The first-order valence-electron chi connectivity index (χ1n) is 8.57. The van der Waals surface area contributed by atoms with Gasteiger partial charge in [-0.2, -0.15) is 5.10 Å². The van der Waals surface area contributed by atoms with E-state index in [1.54, 1.807) is 35.0 Å². The van der Waals surface area contributed by atoms with E-state index in [0.717, 1.165) is 12.0 Å². The molecule has 28 heavy (non-hydrogen) atoms. The van der Waals surface area contributed by atoms with Crippen molar-refractivity contribution in [2.45, 2.75) is 18.2 Å². The molecule has 0 saturated heterocycles. The first-order chi connectivity index (χ1) is 13.3. The van der Waals surface area contributed by atoms with E-state index in [0.29, 0.717) is 22.9 Å². The molecule has 0 fully saturated rings. The zero-order valence-corrected chi connectivity index (χ0v) is 16.7. The van der Waals surface area contributed by atoms with Gasteiger partial charge < -0.3 is 5.32 Å². The number of nitrogens with zero attached hydrogens (tertiary/aromatic N) is 2. The molecule has 0 unspecified atom stereocenters. The molecule has 146 valence electrons. The van der Waals surface area contributed by atoms with Gasteiger partial charge in [0.05, 0.1) is 16.3 Å². The van der Waals surface area contributed by atoms with Crippen molar-refractivity contribution in [1.29, 1.82) is 0 Å². The average Bonchev–Trinajstić information content (AvgIpc) is 3.11. The number of carbonyl (C=O) groups excluding carboxylic acids is 1. The highest BCUT2D eigenvalue weighted by Gasteiger charge is 2.17. The van der Waals surface area contributed by atoms with Gasteiger partial charge in [-0.05, 0) is 48.9 Å². The van der Waals surface area contributed by atoms with Gasteiger partial charge in [0.15, 0.2) is 5.69 Å². The number of primary sulfonamides is 1. The van der Waals surface area contributed by atoms with Crippen LogP contribution in [0.5, 0.6) is 0 Å². The summed E-state index contributed by atoms with van der Waals surface area (Å²) in [4.78, 5) is 12.4. The van der Waals surface area contributed by atoms with Crippen LogP contribution in [0.3, 0.4) is 0 Å². The monoisotopic (exact) mass is 418 g/mol. The van der Waals surface area contributed by atoms with Crippen LogP contribution in [0.2, 0.25) is 5.02 Å². The van der Waals surface area contributed by atoms with Crippen molar-refractivity contribution >= 4 is 27.5 Å². The Hall–Kier alpha value is -2.68. The Morgan fingerprint density at radius 3 is 2.36 bits per heavy atom. The molecule has 0 aliphatic rings. The molecule has 0 aliphatic heterocycles. The van der Waals surface area contributed by atoms with Crippen LogP contribution in [0.25, 0.3) is 16.9 Å². The molecule has 0 aliphatic carbocycles. The van der Waals surface area contributed by atoms with Crippen molar-refractivity contribution in [3.8, 4) is 16.9 Å². The number of rotatable bonds is 6. The number of nitrogens with one attached hydrogen (secondary N) is 1. The molecule has 7 nitrogen and oxygen atoms in total. The van der Waals surface area contributed by atoms with E-state index >= 15 is 0 Å². The summed E-state index contributed by atoms with van der Waals surface area (Å²) in [5.41, 5.74) is 2.32. The third-order valence-corrected chi connectivity index (χ3v) is 5.21. The molecule has 0 saturated carbocycles. The van der Waals surface area contributed by atoms with Gasteiger partial charge in [-0.1, -0.05) is 30.7 Å². The summed E-state index contributed by atoms with van der Waals surface area (Å²) in [6.45, 7) is 2.51. The summed E-state index contributed by atoms with van der Waals surface area (Å²) in [6.07, 6.45) is 0.811. The number of nitrogens with two attached hydrogens (primary N) is 1. The molecule has 2 aromatic carbocycles. The fourth-order valence-corrected chi connectivity index (χ4v) is 3.26. The average molecular weight is 419 g/mol. The fourth-order valence-electron chi connectivity index (χ4n) is 2.62. The Labute approximate surface area is 168 Å². The van der Waals surface area contributed by atoms with Gasteiger partial charge in [-0.15, -0.1) is 0 Å². The Morgan fingerprint density at radius 2 is 1.79 bits per heavy atom. The first kappa shape index (κ1) is 20.1. The predicted molar refractivity (Wildman–Crippen MR) is 108 cm³/mol. The smallest absolute Gasteiger partial charge is 0.271 e. The van der Waals surface area contributed by atoms with Crippen molar-refractivity contribution in [2.24, 2.45) is 5.14 Å². The number of amides is 1. The predicted octanol–water partition coefficient (Wildman–Crippen LogP) is 2.98. The van der Waals surface area contributed by atoms with Gasteiger partial charge in [0.25, 0.3) is 5.91 Å². The van der Waals surface area contributed by atoms with E-state index in [9.17, 15) is 13.2 Å². The second-order valence-electron chi connectivity index (χ2n) is 6.13. The summed E-state index contributed by atoms with van der Waals surface area (Å²) in [5, 5.41) is 13.0. The van der Waals surface area contributed by atoms with Gasteiger partial charge in [0, 0.05) is 17.1 Å². The summed E-state index contributed by atoms with van der Waals surface area (Å²) < 4.78 is 24.5. The molecule has 0 atom stereocenters. The highest BCUT2D eigenvalue weighted by molar-refractivity contribution is 7.89. The Bertz CT molecular complexity index is 1090. The van der Waals surface area contributed by atoms with E-state index in [2.05, 4.69) is 10.4 Å². The zero-order chi connectivity index (χ0) is 20.3. The molecule has 3 N–H and O–H groups in total. The summed E-state index contributed by atoms with van der Waals surface area (Å²) in [5.74, 6) is -0.281. The number of benzene rings is 2. The van der Waals surface area contributed by atoms with Crippen LogP contribution >= 0.6 is 11.6 Å². The van der Waals surface area contributed by atoms with E-state index in [4.69, 9.17) is 16.7 Å². The summed E-state index contributed by atoms with van der Waals surface area (Å²) >= 11 is 5.97. The highest BCUT2D eigenvalue weighted by Crippen LogP contribution is 2.26. The minimum Gasteiger partial charge on any atom is -0.351 e. The summed E-state index contributed by atoms with van der Waals surface area (Å²) in [6, 6.07) is 14.8. The Morgan fingerprint density at radius 1 is 1.14 bits per heavy atom. The van der Waals surface area contributed by atoms with Gasteiger partial charge in [0.1, 0.15) is 0 Å². The second kappa shape index (κ2) is 8.14. The Balaban J connectivity index is 2.08. The first-order valence-corrected chi connectivity index (χ1v) is 10.5. The molecule has 3 rings (SSSR count). The lowest BCUT2D eigenvalue weighted by Crippen LogP contribution is -2.24. The molecule has 3 aromatic rings. The lowest BCUT2D eigenvalue weighted by Gasteiger charge is -2.08. The standard InChI is InChI=1S/C19H19ClN4O3S/c1-2-11-22-19(25)17-12-18(13-3-5-14(20)6-4-13)24(23-17)15-7-9-16(10-8-15)28(21,26)27/h3-10,12H,2,11H2,1H3,(H,22,25)(H2,21,26,27). The largest absolute Gasteiger partial charge is 0.351 e. The lowest BCUT2D eigenvalue weighted by molar-refractivity contribution is 0.0948. The third kappa shape index (κ3) is 4.41. The maximum Gasteiger partial charge on any atom is 0.271 e. The minimum atomic E-state index is -3.80. The van der Waals surface area contributed by atoms with Gasteiger partial charge in [-0.3, -0.25) is 4.79 Å². The lowest BCUT2D eigenvalue weighted by atomic mass is 10.1. The van der Waals surface area contributed by atoms with Crippen LogP contribution in [0, 0.1) is 0 Å². The minimum absolute atomic E-state index is 0.00244. The SMILES string of the molecule is CCCNC(=O)c1cc(-c2ccc(Cl)cc2)n(-c2ccc(S(N)(=O)=O)cc2)n1. The van der Waals surface area contributed by atoms with E-state index in [-0.39, 0.29) is 16.5 Å². The van der Waals surface area contributed by atoms with Crippen LogP contribution in [-0.2, 0) is 10.0 Å². The number of halogens is 1. The molecule has 9 heteroatoms. The van der Waals surface area contributed by atoms with Crippen LogP contribution in [0.1, 0.15) is 23.8 Å². The van der Waals surface area contributed by atoms with Gasteiger partial charge in [0.2, 0.25) is 10.0 Å². The number of hydrogen-bond donors (Lipinski definition) is 2. The fraction of sp³-hybridized carbons (Fsp3) is 0.158.